The van der Waals surface area contributed by atoms with E-state index in [2.05, 4.69) is 10.2 Å². The lowest BCUT2D eigenvalue weighted by atomic mass is 10.00. The number of aryl methyl sites for hydroxylation is 1. The molecule has 2 aromatic carbocycles. The molecule has 0 aliphatic carbocycles. The summed E-state index contributed by atoms with van der Waals surface area (Å²) in [6, 6.07) is 15.7. The minimum absolute atomic E-state index is 0.108. The fraction of sp³-hybridized carbons (Fsp3) is 0.261. The Labute approximate surface area is 167 Å². The van der Waals surface area contributed by atoms with Crippen LogP contribution in [0.2, 0.25) is 0 Å². The highest BCUT2D eigenvalue weighted by atomic mass is 16.2. The van der Waals surface area contributed by atoms with E-state index in [9.17, 15) is 9.59 Å². The molecule has 0 bridgehead atoms. The Balaban J connectivity index is 1.54. The molecule has 0 spiro atoms. The van der Waals surface area contributed by atoms with Crippen LogP contribution in [0.1, 0.15) is 35.2 Å². The van der Waals surface area contributed by atoms with Crippen molar-refractivity contribution in [1.82, 2.24) is 19.5 Å². The van der Waals surface area contributed by atoms with Crippen LogP contribution in [0.3, 0.4) is 0 Å². The Kier molecular flexibility index (Phi) is 4.19. The van der Waals surface area contributed by atoms with Crippen LogP contribution in [0.5, 0.6) is 0 Å². The highest BCUT2D eigenvalue weighted by molar-refractivity contribution is 5.95. The van der Waals surface area contributed by atoms with Crippen LogP contribution in [0, 0.1) is 6.92 Å². The number of rotatable bonds is 2. The van der Waals surface area contributed by atoms with Gasteiger partial charge in [-0.1, -0.05) is 24.3 Å². The second-order valence-corrected chi connectivity index (χ2v) is 7.71. The summed E-state index contributed by atoms with van der Waals surface area (Å²) in [7, 11) is 0. The van der Waals surface area contributed by atoms with Crippen molar-refractivity contribution < 1.29 is 4.79 Å². The van der Waals surface area contributed by atoms with E-state index in [0.717, 1.165) is 59.1 Å². The largest absolute Gasteiger partial charge is 0.348 e. The maximum Gasteiger partial charge on any atom is 0.348 e. The van der Waals surface area contributed by atoms with Gasteiger partial charge in [0.2, 0.25) is 0 Å². The molecule has 3 heterocycles. The maximum absolute atomic E-state index is 12.7. The Hall–Kier alpha value is -3.41. The number of aromatic nitrogens is 3. The van der Waals surface area contributed by atoms with Gasteiger partial charge in [-0.25, -0.2) is 14.3 Å². The van der Waals surface area contributed by atoms with E-state index in [1.165, 1.54) is 6.42 Å². The number of hydrogen-bond acceptors (Lipinski definition) is 3. The molecule has 2 aromatic heterocycles. The fourth-order valence-corrected chi connectivity index (χ4v) is 4.22. The minimum Gasteiger partial charge on any atom is -0.339 e. The lowest BCUT2D eigenvalue weighted by molar-refractivity contribution is 0.0724. The first-order valence-corrected chi connectivity index (χ1v) is 10.0. The molecule has 1 aliphatic heterocycles. The normalized spacial score (nSPS) is 14.6. The van der Waals surface area contributed by atoms with Crippen LogP contribution in [0.4, 0.5) is 0 Å². The standard InChI is InChI=1S/C23H22N4O2/c1-15-13-21-24-25-23(29)27(21)20-14-18(9-10-19(15)20)16-5-7-17(8-6-16)22(28)26-11-3-2-4-12-26/h5-10,13-14H,2-4,11-12H2,1H3,(H,25,29). The molecule has 6 nitrogen and oxygen atoms in total. The van der Waals surface area contributed by atoms with Crippen LogP contribution in [-0.4, -0.2) is 38.5 Å². The summed E-state index contributed by atoms with van der Waals surface area (Å²) in [5, 5.41) is 7.63. The van der Waals surface area contributed by atoms with E-state index in [4.69, 9.17) is 0 Å². The van der Waals surface area contributed by atoms with Crippen LogP contribution >= 0.6 is 0 Å². The summed E-state index contributed by atoms with van der Waals surface area (Å²) in [5.74, 6) is 0.108. The number of nitrogens with zero attached hydrogens (tertiary/aromatic N) is 3. The monoisotopic (exact) mass is 386 g/mol. The van der Waals surface area contributed by atoms with Crippen molar-refractivity contribution in [2.45, 2.75) is 26.2 Å². The van der Waals surface area contributed by atoms with Gasteiger partial charge in [0.05, 0.1) is 5.52 Å². The lowest BCUT2D eigenvalue weighted by Gasteiger charge is -2.26. The van der Waals surface area contributed by atoms with Crippen molar-refractivity contribution in [3.63, 3.8) is 0 Å². The SMILES string of the molecule is Cc1cc2n[nH]c(=O)n2c2cc(-c3ccc(C(=O)N4CCCCC4)cc3)ccc12. The van der Waals surface area contributed by atoms with E-state index in [1.54, 1.807) is 4.40 Å². The molecule has 0 radical (unpaired) electrons. The molecule has 0 saturated carbocycles. The number of piperidine rings is 1. The van der Waals surface area contributed by atoms with Gasteiger partial charge in [-0.3, -0.25) is 4.79 Å². The van der Waals surface area contributed by atoms with Crippen LogP contribution in [0.15, 0.2) is 53.3 Å². The molecule has 29 heavy (non-hydrogen) atoms. The number of pyridine rings is 1. The van der Waals surface area contributed by atoms with Gasteiger partial charge in [-0.2, -0.15) is 5.10 Å². The third-order valence-electron chi connectivity index (χ3n) is 5.82. The smallest absolute Gasteiger partial charge is 0.339 e. The van der Waals surface area contributed by atoms with E-state index >= 15 is 0 Å². The van der Waals surface area contributed by atoms with Crippen molar-refractivity contribution in [1.29, 1.82) is 0 Å². The van der Waals surface area contributed by atoms with Gasteiger partial charge in [0, 0.05) is 24.0 Å². The molecule has 5 rings (SSSR count). The van der Waals surface area contributed by atoms with E-state index < -0.39 is 0 Å². The first-order valence-electron chi connectivity index (χ1n) is 10.0. The summed E-state index contributed by atoms with van der Waals surface area (Å²) in [4.78, 5) is 26.9. The van der Waals surface area contributed by atoms with Gasteiger partial charge >= 0.3 is 5.69 Å². The third kappa shape index (κ3) is 3.01. The van der Waals surface area contributed by atoms with Crippen molar-refractivity contribution in [2.75, 3.05) is 13.1 Å². The minimum atomic E-state index is -0.246. The zero-order chi connectivity index (χ0) is 20.0. The maximum atomic E-state index is 12.7. The third-order valence-corrected chi connectivity index (χ3v) is 5.82. The number of carbonyl (C=O) groups is 1. The van der Waals surface area contributed by atoms with E-state index in [0.29, 0.717) is 5.65 Å². The second-order valence-electron chi connectivity index (χ2n) is 7.71. The fourth-order valence-electron chi connectivity index (χ4n) is 4.22. The van der Waals surface area contributed by atoms with Gasteiger partial charge in [0.1, 0.15) is 0 Å². The molecular formula is C23H22N4O2. The van der Waals surface area contributed by atoms with Crippen LogP contribution in [-0.2, 0) is 0 Å². The van der Waals surface area contributed by atoms with Crippen molar-refractivity contribution in [3.8, 4) is 11.1 Å². The van der Waals surface area contributed by atoms with Crippen LogP contribution < -0.4 is 5.69 Å². The van der Waals surface area contributed by atoms with Gasteiger partial charge < -0.3 is 4.90 Å². The number of fused-ring (bicyclic) bond motifs is 3. The zero-order valence-electron chi connectivity index (χ0n) is 16.3. The second kappa shape index (κ2) is 6.88. The summed E-state index contributed by atoms with van der Waals surface area (Å²) in [5.41, 5.74) is 4.98. The number of nitrogens with one attached hydrogen (secondary N) is 1. The first kappa shape index (κ1) is 17.7. The van der Waals surface area contributed by atoms with Crippen molar-refractivity contribution >= 4 is 22.5 Å². The molecule has 6 heteroatoms. The Morgan fingerprint density at radius 3 is 2.45 bits per heavy atom. The molecule has 4 aromatic rings. The quantitative estimate of drug-likeness (QED) is 0.570. The summed E-state index contributed by atoms with van der Waals surface area (Å²) in [6.45, 7) is 3.71. The summed E-state index contributed by atoms with van der Waals surface area (Å²) >= 11 is 0. The topological polar surface area (TPSA) is 70.5 Å². The molecule has 1 aliphatic rings. The number of hydrogen-bond donors (Lipinski definition) is 1. The molecule has 1 amide bonds. The van der Waals surface area contributed by atoms with Gasteiger partial charge in [0.25, 0.3) is 5.91 Å². The zero-order valence-corrected chi connectivity index (χ0v) is 16.3. The van der Waals surface area contributed by atoms with Gasteiger partial charge in [-0.15, -0.1) is 0 Å². The number of aromatic amines is 1. The summed E-state index contributed by atoms with van der Waals surface area (Å²) in [6.07, 6.45) is 3.38. The molecule has 0 unspecified atom stereocenters. The highest BCUT2D eigenvalue weighted by Gasteiger charge is 2.18. The number of benzene rings is 2. The van der Waals surface area contributed by atoms with E-state index in [-0.39, 0.29) is 11.6 Å². The molecule has 1 saturated heterocycles. The van der Waals surface area contributed by atoms with Crippen LogP contribution in [0.25, 0.3) is 27.7 Å². The number of carbonyl (C=O) groups excluding carboxylic acids is 1. The molecule has 0 atom stereocenters. The Morgan fingerprint density at radius 2 is 1.69 bits per heavy atom. The molecule has 146 valence electrons. The molecular weight excluding hydrogens is 364 g/mol. The number of likely N-dealkylation sites (tertiary alicyclic amines) is 1. The Bertz CT molecular complexity index is 1280. The lowest BCUT2D eigenvalue weighted by Crippen LogP contribution is -2.35. The van der Waals surface area contributed by atoms with Gasteiger partial charge in [0.15, 0.2) is 5.65 Å². The molecule has 1 N–H and O–H groups in total. The molecule has 1 fully saturated rings. The first-order chi connectivity index (χ1) is 14.1. The van der Waals surface area contributed by atoms with Crippen molar-refractivity contribution in [3.05, 3.63) is 70.1 Å². The van der Waals surface area contributed by atoms with Gasteiger partial charge in [-0.05, 0) is 67.1 Å². The number of amides is 1. The summed E-state index contributed by atoms with van der Waals surface area (Å²) < 4.78 is 1.60. The Morgan fingerprint density at radius 1 is 0.966 bits per heavy atom. The average molecular weight is 386 g/mol. The highest BCUT2D eigenvalue weighted by Crippen LogP contribution is 2.27. The predicted molar refractivity (Wildman–Crippen MR) is 113 cm³/mol. The van der Waals surface area contributed by atoms with E-state index in [1.807, 2.05) is 60.4 Å². The average Bonchev–Trinajstić information content (AvgIpc) is 3.14. The predicted octanol–water partition coefficient (Wildman–Crippen LogP) is 3.78. The van der Waals surface area contributed by atoms with Crippen molar-refractivity contribution in [2.24, 2.45) is 0 Å². The number of H-pyrrole nitrogens is 1.